The first kappa shape index (κ1) is 14.8. The Morgan fingerprint density at radius 3 is 2.70 bits per heavy atom. The number of hydrogen-bond acceptors (Lipinski definition) is 3. The molecule has 0 spiro atoms. The summed E-state index contributed by atoms with van der Waals surface area (Å²) in [4.78, 5) is 27.8. The van der Waals surface area contributed by atoms with Crippen LogP contribution in [0.3, 0.4) is 0 Å². The number of esters is 1. The van der Waals surface area contributed by atoms with Crippen LogP contribution in [0.5, 0.6) is 0 Å². The maximum absolute atomic E-state index is 12.3. The summed E-state index contributed by atoms with van der Waals surface area (Å²) in [5.74, 6) is -0.741. The van der Waals surface area contributed by atoms with Gasteiger partial charge in [-0.15, -0.1) is 0 Å². The van der Waals surface area contributed by atoms with E-state index in [1.54, 1.807) is 20.0 Å². The van der Waals surface area contributed by atoms with Crippen molar-refractivity contribution in [1.82, 2.24) is 4.98 Å². The van der Waals surface area contributed by atoms with E-state index in [1.807, 2.05) is 24.3 Å². The molecule has 0 aliphatic heterocycles. The second-order valence-electron chi connectivity index (χ2n) is 4.65. The van der Waals surface area contributed by atoms with E-state index in [0.717, 1.165) is 10.9 Å². The summed E-state index contributed by atoms with van der Waals surface area (Å²) in [6.07, 6.45) is 1.71. The number of ketones is 1. The number of aromatic nitrogens is 1. The van der Waals surface area contributed by atoms with Crippen LogP contribution < -0.4 is 0 Å². The third-order valence-electron chi connectivity index (χ3n) is 3.49. The number of Topliss-reactive ketones (excluding diaryl/α,β-unsaturated/α-hetero) is 1. The number of halogens is 1. The summed E-state index contributed by atoms with van der Waals surface area (Å²) in [5, 5.41) is 0.958. The van der Waals surface area contributed by atoms with E-state index in [0.29, 0.717) is 5.56 Å². The SMILES string of the molecule is CCOC(=O)C(C)(C(=O)CBr)c1c[nH]c2ccccc12. The molecule has 2 rings (SSSR count). The molecule has 1 aromatic heterocycles. The molecule has 5 heteroatoms. The van der Waals surface area contributed by atoms with E-state index in [4.69, 9.17) is 4.74 Å². The number of H-pyrrole nitrogens is 1. The number of aromatic amines is 1. The third kappa shape index (κ3) is 2.26. The standard InChI is InChI=1S/C15H16BrNO3/c1-3-20-14(19)15(2,13(18)8-16)11-9-17-12-7-5-4-6-10(11)12/h4-7,9,17H,3,8H2,1-2H3. The van der Waals surface area contributed by atoms with Gasteiger partial charge >= 0.3 is 5.97 Å². The highest BCUT2D eigenvalue weighted by Crippen LogP contribution is 2.33. The van der Waals surface area contributed by atoms with Gasteiger partial charge in [-0.3, -0.25) is 9.59 Å². The molecule has 1 unspecified atom stereocenters. The lowest BCUT2D eigenvalue weighted by Gasteiger charge is -2.24. The van der Waals surface area contributed by atoms with Crippen LogP contribution in [0.4, 0.5) is 0 Å². The average Bonchev–Trinajstić information content (AvgIpc) is 2.90. The number of benzene rings is 1. The topological polar surface area (TPSA) is 59.2 Å². The molecule has 20 heavy (non-hydrogen) atoms. The van der Waals surface area contributed by atoms with Crippen molar-refractivity contribution in [2.75, 3.05) is 11.9 Å². The zero-order valence-corrected chi connectivity index (χ0v) is 13.0. The molecule has 0 radical (unpaired) electrons. The number of rotatable bonds is 5. The van der Waals surface area contributed by atoms with E-state index in [1.165, 1.54) is 0 Å². The number of para-hydroxylation sites is 1. The van der Waals surface area contributed by atoms with Crippen molar-refractivity contribution in [3.63, 3.8) is 0 Å². The predicted molar refractivity (Wildman–Crippen MR) is 81.1 cm³/mol. The first-order valence-corrected chi connectivity index (χ1v) is 7.51. The molecule has 1 heterocycles. The van der Waals surface area contributed by atoms with Gasteiger partial charge in [-0.05, 0) is 19.9 Å². The van der Waals surface area contributed by atoms with Gasteiger partial charge in [0.1, 0.15) is 0 Å². The number of ether oxygens (including phenoxy) is 1. The Kier molecular flexibility index (Phi) is 4.28. The van der Waals surface area contributed by atoms with Crippen LogP contribution in [0, 0.1) is 0 Å². The molecule has 0 aliphatic carbocycles. The monoisotopic (exact) mass is 337 g/mol. The lowest BCUT2D eigenvalue weighted by Crippen LogP contribution is -2.43. The first-order valence-electron chi connectivity index (χ1n) is 6.38. The summed E-state index contributed by atoms with van der Waals surface area (Å²) < 4.78 is 5.11. The van der Waals surface area contributed by atoms with Gasteiger partial charge in [0.15, 0.2) is 11.2 Å². The number of fused-ring (bicyclic) bond motifs is 1. The van der Waals surface area contributed by atoms with Crippen LogP contribution in [0.25, 0.3) is 10.9 Å². The van der Waals surface area contributed by atoms with Crippen molar-refractivity contribution in [2.24, 2.45) is 0 Å². The van der Waals surface area contributed by atoms with E-state index >= 15 is 0 Å². The Labute approximate surface area is 125 Å². The molecule has 1 aromatic carbocycles. The summed E-state index contributed by atoms with van der Waals surface area (Å²) in [6.45, 7) is 3.59. The first-order chi connectivity index (χ1) is 9.55. The fraction of sp³-hybridized carbons (Fsp3) is 0.333. The number of carbonyl (C=O) groups is 2. The maximum atomic E-state index is 12.3. The molecule has 0 amide bonds. The third-order valence-corrected chi connectivity index (χ3v) is 4.00. The largest absolute Gasteiger partial charge is 0.465 e. The molecule has 1 atom stereocenters. The van der Waals surface area contributed by atoms with E-state index in [9.17, 15) is 9.59 Å². The molecule has 0 saturated carbocycles. The van der Waals surface area contributed by atoms with Crippen molar-refractivity contribution in [3.05, 3.63) is 36.0 Å². The van der Waals surface area contributed by atoms with E-state index in [-0.39, 0.29) is 17.7 Å². The zero-order chi connectivity index (χ0) is 14.8. The van der Waals surface area contributed by atoms with Crippen molar-refractivity contribution in [3.8, 4) is 0 Å². The molecule has 4 nitrogen and oxygen atoms in total. The summed E-state index contributed by atoms with van der Waals surface area (Å²) >= 11 is 3.15. The minimum absolute atomic E-state index is 0.0990. The van der Waals surface area contributed by atoms with Crippen LogP contribution >= 0.6 is 15.9 Å². The predicted octanol–water partition coefficient (Wildman–Crippen LogP) is 2.95. The van der Waals surface area contributed by atoms with Crippen molar-refractivity contribution >= 4 is 38.6 Å². The van der Waals surface area contributed by atoms with Gasteiger partial charge in [0.25, 0.3) is 0 Å². The maximum Gasteiger partial charge on any atom is 0.323 e. The highest BCUT2D eigenvalue weighted by Gasteiger charge is 2.44. The molecular formula is C15H16BrNO3. The Morgan fingerprint density at radius 1 is 1.35 bits per heavy atom. The summed E-state index contributed by atoms with van der Waals surface area (Å²) in [5.41, 5.74) is 0.232. The van der Waals surface area contributed by atoms with Gasteiger partial charge in [-0.1, -0.05) is 34.1 Å². The fourth-order valence-corrected chi connectivity index (χ4v) is 2.83. The van der Waals surface area contributed by atoms with E-state index < -0.39 is 11.4 Å². The lowest BCUT2D eigenvalue weighted by atomic mass is 9.79. The lowest BCUT2D eigenvalue weighted by molar-refractivity contribution is -0.152. The van der Waals surface area contributed by atoms with Gasteiger partial charge in [0.05, 0.1) is 11.9 Å². The molecule has 106 valence electrons. The molecule has 2 aromatic rings. The van der Waals surface area contributed by atoms with Crippen LogP contribution in [-0.2, 0) is 19.7 Å². The highest BCUT2D eigenvalue weighted by molar-refractivity contribution is 9.09. The molecule has 0 aliphatic rings. The second-order valence-corrected chi connectivity index (χ2v) is 5.21. The van der Waals surface area contributed by atoms with Gasteiger partial charge < -0.3 is 9.72 Å². The van der Waals surface area contributed by atoms with Crippen LogP contribution in [0.1, 0.15) is 19.4 Å². The molecular weight excluding hydrogens is 322 g/mol. The average molecular weight is 338 g/mol. The fourth-order valence-electron chi connectivity index (χ4n) is 2.27. The molecule has 1 N–H and O–H groups in total. The molecule has 0 saturated heterocycles. The van der Waals surface area contributed by atoms with Crippen molar-refractivity contribution in [2.45, 2.75) is 19.3 Å². The summed E-state index contributed by atoms with van der Waals surface area (Å²) in [6, 6.07) is 7.57. The number of nitrogens with one attached hydrogen (secondary N) is 1. The van der Waals surface area contributed by atoms with Crippen molar-refractivity contribution in [1.29, 1.82) is 0 Å². The van der Waals surface area contributed by atoms with Crippen LogP contribution in [0.15, 0.2) is 30.5 Å². The van der Waals surface area contributed by atoms with Crippen LogP contribution in [0.2, 0.25) is 0 Å². The smallest absolute Gasteiger partial charge is 0.323 e. The minimum Gasteiger partial charge on any atom is -0.465 e. The zero-order valence-electron chi connectivity index (χ0n) is 11.4. The Morgan fingerprint density at radius 2 is 2.05 bits per heavy atom. The van der Waals surface area contributed by atoms with E-state index in [2.05, 4.69) is 20.9 Å². The Balaban J connectivity index is 2.62. The van der Waals surface area contributed by atoms with Gasteiger partial charge in [0.2, 0.25) is 0 Å². The minimum atomic E-state index is -1.31. The Bertz CT molecular complexity index is 649. The second kappa shape index (κ2) is 5.79. The number of hydrogen-bond donors (Lipinski definition) is 1. The van der Waals surface area contributed by atoms with Gasteiger partial charge in [-0.25, -0.2) is 0 Å². The quantitative estimate of drug-likeness (QED) is 0.518. The number of alkyl halides is 1. The number of carbonyl (C=O) groups excluding carboxylic acids is 2. The van der Waals surface area contributed by atoms with Crippen LogP contribution in [-0.4, -0.2) is 28.7 Å². The molecule has 0 bridgehead atoms. The Hall–Kier alpha value is -1.62. The molecule has 0 fully saturated rings. The summed E-state index contributed by atoms with van der Waals surface area (Å²) in [7, 11) is 0. The van der Waals surface area contributed by atoms with Crippen molar-refractivity contribution < 1.29 is 14.3 Å². The van der Waals surface area contributed by atoms with Gasteiger partial charge in [0, 0.05) is 22.7 Å². The normalized spacial score (nSPS) is 13.9. The highest BCUT2D eigenvalue weighted by atomic mass is 79.9. The van der Waals surface area contributed by atoms with Gasteiger partial charge in [-0.2, -0.15) is 0 Å².